The molecule has 1 aromatic heterocycles. The van der Waals surface area contributed by atoms with Gasteiger partial charge in [-0.2, -0.15) is 10.1 Å². The van der Waals surface area contributed by atoms with Gasteiger partial charge in [-0.15, -0.1) is 0 Å². The quantitative estimate of drug-likeness (QED) is 0.687. The molecular formula is C21H22N4O4. The summed E-state index contributed by atoms with van der Waals surface area (Å²) in [7, 11) is 6.47. The number of allylic oxidation sites excluding steroid dienone is 1. The molecule has 8 nitrogen and oxygen atoms in total. The normalized spacial score (nSPS) is 15.0. The van der Waals surface area contributed by atoms with Gasteiger partial charge in [-0.25, -0.2) is 4.68 Å². The van der Waals surface area contributed by atoms with Crippen LogP contribution in [0.1, 0.15) is 17.2 Å². The van der Waals surface area contributed by atoms with Gasteiger partial charge < -0.3 is 24.3 Å². The van der Waals surface area contributed by atoms with E-state index in [0.717, 1.165) is 16.8 Å². The van der Waals surface area contributed by atoms with Crippen LogP contribution in [0, 0.1) is 0 Å². The SMILES string of the molecule is COc1ccc(C2=C[C@H](c3ccc(OC)c(OC)c3)n3ncnc3N2)cc1OC. The second-order valence-corrected chi connectivity index (χ2v) is 6.36. The Bertz CT molecular complexity index is 1060. The van der Waals surface area contributed by atoms with Gasteiger partial charge in [0.05, 0.1) is 28.4 Å². The molecule has 150 valence electrons. The molecule has 2 aromatic carbocycles. The zero-order chi connectivity index (χ0) is 20.4. The Morgan fingerprint density at radius 3 is 2.17 bits per heavy atom. The number of aromatic nitrogens is 3. The lowest BCUT2D eigenvalue weighted by Crippen LogP contribution is -2.20. The predicted molar refractivity (Wildman–Crippen MR) is 109 cm³/mol. The van der Waals surface area contributed by atoms with Crippen LogP contribution in [-0.2, 0) is 0 Å². The fraction of sp³-hybridized carbons (Fsp3) is 0.238. The van der Waals surface area contributed by atoms with E-state index < -0.39 is 0 Å². The summed E-state index contributed by atoms with van der Waals surface area (Å²) < 4.78 is 23.4. The predicted octanol–water partition coefficient (Wildman–Crippen LogP) is 3.37. The summed E-state index contributed by atoms with van der Waals surface area (Å²) in [6.07, 6.45) is 3.62. The van der Waals surface area contributed by atoms with Crippen molar-refractivity contribution in [3.8, 4) is 23.0 Å². The molecule has 0 saturated carbocycles. The first-order valence-corrected chi connectivity index (χ1v) is 9.01. The van der Waals surface area contributed by atoms with E-state index in [0.29, 0.717) is 28.9 Å². The largest absolute Gasteiger partial charge is 0.493 e. The van der Waals surface area contributed by atoms with Crippen LogP contribution >= 0.6 is 0 Å². The van der Waals surface area contributed by atoms with Crippen molar-refractivity contribution < 1.29 is 18.9 Å². The molecule has 0 spiro atoms. The average molecular weight is 394 g/mol. The van der Waals surface area contributed by atoms with Crippen molar-refractivity contribution in [2.45, 2.75) is 6.04 Å². The van der Waals surface area contributed by atoms with E-state index in [1.807, 2.05) is 41.1 Å². The Morgan fingerprint density at radius 1 is 0.828 bits per heavy atom. The topological polar surface area (TPSA) is 79.7 Å². The molecule has 0 aliphatic carbocycles. The van der Waals surface area contributed by atoms with Gasteiger partial charge in [-0.3, -0.25) is 0 Å². The van der Waals surface area contributed by atoms with E-state index in [9.17, 15) is 0 Å². The maximum absolute atomic E-state index is 5.47. The first-order chi connectivity index (χ1) is 14.2. The summed E-state index contributed by atoms with van der Waals surface area (Å²) in [6.45, 7) is 0. The fourth-order valence-electron chi connectivity index (χ4n) is 3.38. The minimum absolute atomic E-state index is 0.170. The van der Waals surface area contributed by atoms with E-state index in [-0.39, 0.29) is 6.04 Å². The second-order valence-electron chi connectivity index (χ2n) is 6.36. The van der Waals surface area contributed by atoms with Gasteiger partial charge in [0.15, 0.2) is 23.0 Å². The first kappa shape index (κ1) is 18.7. The molecule has 1 aliphatic heterocycles. The third-order valence-electron chi connectivity index (χ3n) is 4.85. The van der Waals surface area contributed by atoms with Gasteiger partial charge in [0.2, 0.25) is 5.95 Å². The maximum Gasteiger partial charge on any atom is 0.226 e. The molecule has 2 heterocycles. The van der Waals surface area contributed by atoms with Gasteiger partial charge >= 0.3 is 0 Å². The number of rotatable bonds is 6. The molecule has 4 rings (SSSR count). The van der Waals surface area contributed by atoms with Crippen LogP contribution in [0.5, 0.6) is 23.0 Å². The summed E-state index contributed by atoms with van der Waals surface area (Å²) in [6, 6.07) is 11.4. The number of hydrogen-bond acceptors (Lipinski definition) is 7. The molecule has 1 atom stereocenters. The summed E-state index contributed by atoms with van der Waals surface area (Å²) in [5.41, 5.74) is 2.84. The number of nitrogens with one attached hydrogen (secondary N) is 1. The van der Waals surface area contributed by atoms with Crippen molar-refractivity contribution >= 4 is 11.6 Å². The molecule has 0 bridgehead atoms. The highest BCUT2D eigenvalue weighted by Crippen LogP contribution is 2.37. The Hall–Kier alpha value is -3.68. The summed E-state index contributed by atoms with van der Waals surface area (Å²) in [4.78, 5) is 4.35. The molecule has 0 unspecified atom stereocenters. The standard InChI is InChI=1S/C21H22N4O4/c1-26-17-7-5-13(9-19(17)28-3)15-11-16(25-21(24-15)22-12-23-25)14-6-8-18(27-2)20(10-14)29-4/h5-12,16H,1-4H3,(H,22,23,24)/t16-/m1/s1. The van der Waals surface area contributed by atoms with Crippen LogP contribution in [0.15, 0.2) is 48.8 Å². The molecule has 29 heavy (non-hydrogen) atoms. The van der Waals surface area contributed by atoms with Gasteiger partial charge in [0.25, 0.3) is 0 Å². The lowest BCUT2D eigenvalue weighted by atomic mass is 10.0. The van der Waals surface area contributed by atoms with E-state index >= 15 is 0 Å². The molecular weight excluding hydrogens is 372 g/mol. The van der Waals surface area contributed by atoms with Crippen LogP contribution in [0.4, 0.5) is 5.95 Å². The molecule has 3 aromatic rings. The van der Waals surface area contributed by atoms with Crippen LogP contribution in [0.2, 0.25) is 0 Å². The van der Waals surface area contributed by atoms with Crippen molar-refractivity contribution in [3.05, 3.63) is 59.9 Å². The number of nitrogens with zero attached hydrogens (tertiary/aromatic N) is 3. The summed E-state index contributed by atoms with van der Waals surface area (Å²) in [5, 5.41) is 7.71. The minimum Gasteiger partial charge on any atom is -0.493 e. The van der Waals surface area contributed by atoms with Crippen LogP contribution in [0.3, 0.4) is 0 Å². The third kappa shape index (κ3) is 3.33. The molecule has 1 aliphatic rings. The van der Waals surface area contributed by atoms with Crippen LogP contribution < -0.4 is 24.3 Å². The lowest BCUT2D eigenvalue weighted by molar-refractivity contribution is 0.354. The Kier molecular flexibility index (Phi) is 4.99. The van der Waals surface area contributed by atoms with Gasteiger partial charge in [0.1, 0.15) is 12.4 Å². The van der Waals surface area contributed by atoms with Crippen LogP contribution in [0.25, 0.3) is 5.70 Å². The lowest BCUT2D eigenvalue weighted by Gasteiger charge is -2.25. The van der Waals surface area contributed by atoms with E-state index in [1.165, 1.54) is 6.33 Å². The fourth-order valence-corrected chi connectivity index (χ4v) is 3.38. The highest BCUT2D eigenvalue weighted by atomic mass is 16.5. The van der Waals surface area contributed by atoms with E-state index in [1.54, 1.807) is 28.4 Å². The summed E-state index contributed by atoms with van der Waals surface area (Å²) in [5.74, 6) is 3.31. The molecule has 1 N–H and O–H groups in total. The number of anilines is 1. The molecule has 8 heteroatoms. The Labute approximate surface area is 168 Å². The van der Waals surface area contributed by atoms with Gasteiger partial charge in [-0.05, 0) is 42.0 Å². The smallest absolute Gasteiger partial charge is 0.226 e. The zero-order valence-electron chi connectivity index (χ0n) is 16.7. The molecule has 0 amide bonds. The third-order valence-corrected chi connectivity index (χ3v) is 4.85. The highest BCUT2D eigenvalue weighted by molar-refractivity contribution is 5.78. The number of ether oxygens (including phenoxy) is 4. The Morgan fingerprint density at radius 2 is 1.48 bits per heavy atom. The minimum atomic E-state index is -0.170. The van der Waals surface area contributed by atoms with E-state index in [2.05, 4.69) is 21.5 Å². The highest BCUT2D eigenvalue weighted by Gasteiger charge is 2.25. The van der Waals surface area contributed by atoms with Gasteiger partial charge in [0, 0.05) is 11.3 Å². The maximum atomic E-state index is 5.47. The van der Waals surface area contributed by atoms with Crippen molar-refractivity contribution in [1.82, 2.24) is 14.8 Å². The van der Waals surface area contributed by atoms with Crippen molar-refractivity contribution in [3.63, 3.8) is 0 Å². The van der Waals surface area contributed by atoms with Crippen molar-refractivity contribution in [2.75, 3.05) is 33.8 Å². The molecule has 0 fully saturated rings. The van der Waals surface area contributed by atoms with Crippen molar-refractivity contribution in [2.24, 2.45) is 0 Å². The summed E-state index contributed by atoms with van der Waals surface area (Å²) >= 11 is 0. The van der Waals surface area contributed by atoms with E-state index in [4.69, 9.17) is 18.9 Å². The first-order valence-electron chi connectivity index (χ1n) is 9.01. The monoisotopic (exact) mass is 394 g/mol. The molecule has 0 radical (unpaired) electrons. The number of fused-ring (bicyclic) bond motifs is 1. The number of hydrogen-bond donors (Lipinski definition) is 1. The number of benzene rings is 2. The van der Waals surface area contributed by atoms with Crippen LogP contribution in [-0.4, -0.2) is 43.2 Å². The van der Waals surface area contributed by atoms with Crippen molar-refractivity contribution in [1.29, 1.82) is 0 Å². The second kappa shape index (κ2) is 7.75. The number of methoxy groups -OCH3 is 4. The zero-order valence-corrected chi connectivity index (χ0v) is 16.7. The molecule has 0 saturated heterocycles. The van der Waals surface area contributed by atoms with Gasteiger partial charge in [-0.1, -0.05) is 6.07 Å². The Balaban J connectivity index is 1.79. The average Bonchev–Trinajstić information content (AvgIpc) is 3.26.